The Labute approximate surface area is 245 Å². The summed E-state index contributed by atoms with van der Waals surface area (Å²) in [6.45, 7) is 13.2. The number of hydrogen-bond acceptors (Lipinski definition) is 4. The van der Waals surface area contributed by atoms with Gasteiger partial charge in [-0.2, -0.15) is 0 Å². The molecule has 0 radical (unpaired) electrons. The van der Waals surface area contributed by atoms with Crippen LogP contribution in [0.3, 0.4) is 0 Å². The molecule has 1 atom stereocenters. The van der Waals surface area contributed by atoms with Gasteiger partial charge in [0.15, 0.2) is 0 Å². The number of carbonyl (C=O) groups is 2. The summed E-state index contributed by atoms with van der Waals surface area (Å²) in [6.07, 6.45) is 0.369. The van der Waals surface area contributed by atoms with Crippen molar-refractivity contribution in [1.82, 2.24) is 10.2 Å². The second-order valence-electron chi connectivity index (χ2n) is 11.7. The van der Waals surface area contributed by atoms with Crippen molar-refractivity contribution in [2.24, 2.45) is 0 Å². The molecule has 220 valence electrons. The second kappa shape index (κ2) is 13.3. The van der Waals surface area contributed by atoms with Gasteiger partial charge in [0, 0.05) is 12.1 Å². The van der Waals surface area contributed by atoms with Crippen LogP contribution in [0, 0.1) is 6.92 Å². The van der Waals surface area contributed by atoms with Crippen LogP contribution in [0.15, 0.2) is 83.8 Å². The highest BCUT2D eigenvalue weighted by Crippen LogP contribution is 2.27. The molecule has 3 rings (SSSR count). The molecule has 8 heteroatoms. The third-order valence-corrected chi connectivity index (χ3v) is 8.60. The Morgan fingerprint density at radius 1 is 0.878 bits per heavy atom. The lowest BCUT2D eigenvalue weighted by Crippen LogP contribution is -2.55. The highest BCUT2D eigenvalue weighted by Gasteiger charge is 2.34. The van der Waals surface area contributed by atoms with Crippen molar-refractivity contribution in [2.45, 2.75) is 83.8 Å². The summed E-state index contributed by atoms with van der Waals surface area (Å²) in [6, 6.07) is 22.4. The Kier molecular flexibility index (Phi) is 10.4. The molecule has 0 aromatic heterocycles. The van der Waals surface area contributed by atoms with E-state index in [0.717, 1.165) is 21.0 Å². The Morgan fingerprint density at radius 3 is 1.98 bits per heavy atom. The molecular formula is C33H43N3O4S. The zero-order chi connectivity index (χ0) is 30.4. The largest absolute Gasteiger partial charge is 0.350 e. The predicted molar refractivity (Wildman–Crippen MR) is 165 cm³/mol. The quantitative estimate of drug-likeness (QED) is 0.301. The number of hydrogen-bond donors (Lipinski definition) is 1. The maximum absolute atomic E-state index is 14.1. The maximum Gasteiger partial charge on any atom is 0.264 e. The molecule has 1 N–H and O–H groups in total. The van der Waals surface area contributed by atoms with Gasteiger partial charge in [0.05, 0.1) is 10.6 Å². The third kappa shape index (κ3) is 8.43. The first kappa shape index (κ1) is 31.9. The van der Waals surface area contributed by atoms with Crippen molar-refractivity contribution >= 4 is 27.5 Å². The van der Waals surface area contributed by atoms with Gasteiger partial charge in [-0.1, -0.05) is 80.9 Å². The van der Waals surface area contributed by atoms with Crippen molar-refractivity contribution < 1.29 is 18.0 Å². The average Bonchev–Trinajstić information content (AvgIpc) is 2.91. The topological polar surface area (TPSA) is 86.8 Å². The zero-order valence-electron chi connectivity index (χ0n) is 25.2. The SMILES string of the molecule is CCC(C(=O)NC(C)(C)C)N(Cc1ccccc1)C(=O)CN(c1ccc(C(C)C)cc1)S(=O)(=O)c1ccc(C)cc1. The fraction of sp³-hybridized carbons (Fsp3) is 0.394. The Bertz CT molecular complexity index is 1410. The smallest absolute Gasteiger partial charge is 0.264 e. The fourth-order valence-electron chi connectivity index (χ4n) is 4.54. The summed E-state index contributed by atoms with van der Waals surface area (Å²) in [4.78, 5) is 29.1. The minimum Gasteiger partial charge on any atom is -0.350 e. The first-order chi connectivity index (χ1) is 19.2. The number of carbonyl (C=O) groups excluding carboxylic acids is 2. The van der Waals surface area contributed by atoms with E-state index in [1.165, 1.54) is 4.90 Å². The molecule has 1 unspecified atom stereocenters. The van der Waals surface area contributed by atoms with E-state index < -0.39 is 34.1 Å². The third-order valence-electron chi connectivity index (χ3n) is 6.82. The van der Waals surface area contributed by atoms with Gasteiger partial charge in [0.2, 0.25) is 11.8 Å². The molecule has 3 aromatic carbocycles. The number of nitrogens with zero attached hydrogens (tertiary/aromatic N) is 2. The van der Waals surface area contributed by atoms with E-state index in [2.05, 4.69) is 19.2 Å². The summed E-state index contributed by atoms with van der Waals surface area (Å²) in [5.74, 6) is -0.479. The van der Waals surface area contributed by atoms with Gasteiger partial charge in [-0.15, -0.1) is 0 Å². The summed E-state index contributed by atoms with van der Waals surface area (Å²) >= 11 is 0. The molecule has 0 saturated carbocycles. The van der Waals surface area contributed by atoms with Gasteiger partial charge in [-0.3, -0.25) is 13.9 Å². The first-order valence-corrected chi connectivity index (χ1v) is 15.5. The van der Waals surface area contributed by atoms with E-state index in [-0.39, 0.29) is 23.3 Å². The Hall–Kier alpha value is -3.65. The van der Waals surface area contributed by atoms with E-state index in [4.69, 9.17) is 0 Å². The van der Waals surface area contributed by atoms with Crippen LogP contribution in [0.1, 0.15) is 70.6 Å². The van der Waals surface area contributed by atoms with E-state index in [0.29, 0.717) is 12.1 Å². The summed E-state index contributed by atoms with van der Waals surface area (Å²) in [5, 5.41) is 2.99. The van der Waals surface area contributed by atoms with Crippen LogP contribution in [-0.4, -0.2) is 43.3 Å². The molecule has 0 aliphatic rings. The maximum atomic E-state index is 14.1. The van der Waals surface area contributed by atoms with Gasteiger partial charge in [-0.25, -0.2) is 8.42 Å². The van der Waals surface area contributed by atoms with Crippen molar-refractivity contribution in [3.05, 3.63) is 95.6 Å². The molecule has 0 aliphatic carbocycles. The van der Waals surface area contributed by atoms with Gasteiger partial charge in [0.1, 0.15) is 12.6 Å². The van der Waals surface area contributed by atoms with Crippen LogP contribution < -0.4 is 9.62 Å². The molecule has 0 aliphatic heterocycles. The van der Waals surface area contributed by atoms with Crippen LogP contribution in [-0.2, 0) is 26.2 Å². The van der Waals surface area contributed by atoms with E-state index in [9.17, 15) is 18.0 Å². The number of benzene rings is 3. The monoisotopic (exact) mass is 577 g/mol. The van der Waals surface area contributed by atoms with Crippen molar-refractivity contribution in [3.63, 3.8) is 0 Å². The summed E-state index contributed by atoms with van der Waals surface area (Å²) in [5.41, 5.74) is 2.72. The van der Waals surface area contributed by atoms with Gasteiger partial charge < -0.3 is 10.2 Å². The molecule has 0 spiro atoms. The average molecular weight is 578 g/mol. The van der Waals surface area contributed by atoms with Crippen molar-refractivity contribution in [3.8, 4) is 0 Å². The lowest BCUT2D eigenvalue weighted by Gasteiger charge is -2.34. The summed E-state index contributed by atoms with van der Waals surface area (Å²) in [7, 11) is -4.10. The van der Waals surface area contributed by atoms with E-state index >= 15 is 0 Å². The highest BCUT2D eigenvalue weighted by molar-refractivity contribution is 7.92. The van der Waals surface area contributed by atoms with Crippen LogP contribution in [0.25, 0.3) is 0 Å². The second-order valence-corrected chi connectivity index (χ2v) is 13.6. The Morgan fingerprint density at radius 2 is 1.46 bits per heavy atom. The molecule has 0 bridgehead atoms. The van der Waals surface area contributed by atoms with E-state index in [1.807, 2.05) is 77.1 Å². The number of nitrogens with one attached hydrogen (secondary N) is 1. The van der Waals surface area contributed by atoms with Gasteiger partial charge >= 0.3 is 0 Å². The molecular weight excluding hydrogens is 534 g/mol. The highest BCUT2D eigenvalue weighted by atomic mass is 32.2. The number of aryl methyl sites for hydroxylation is 1. The van der Waals surface area contributed by atoms with Gasteiger partial charge in [-0.05, 0) is 75.4 Å². The molecule has 41 heavy (non-hydrogen) atoms. The molecule has 2 amide bonds. The molecule has 0 saturated heterocycles. The van der Waals surface area contributed by atoms with Crippen molar-refractivity contribution in [2.75, 3.05) is 10.8 Å². The first-order valence-electron chi connectivity index (χ1n) is 14.1. The number of rotatable bonds is 11. The van der Waals surface area contributed by atoms with Crippen LogP contribution in [0.2, 0.25) is 0 Å². The zero-order valence-corrected chi connectivity index (χ0v) is 26.0. The molecule has 3 aromatic rings. The van der Waals surface area contributed by atoms with Crippen LogP contribution in [0.4, 0.5) is 5.69 Å². The van der Waals surface area contributed by atoms with E-state index in [1.54, 1.807) is 36.4 Å². The van der Waals surface area contributed by atoms with Crippen molar-refractivity contribution in [1.29, 1.82) is 0 Å². The summed E-state index contributed by atoms with van der Waals surface area (Å²) < 4.78 is 29.2. The van der Waals surface area contributed by atoms with Crippen LogP contribution in [0.5, 0.6) is 0 Å². The molecule has 0 heterocycles. The van der Waals surface area contributed by atoms with Gasteiger partial charge in [0.25, 0.3) is 10.0 Å². The Balaban J connectivity index is 2.07. The normalized spacial score (nSPS) is 12.6. The molecule has 7 nitrogen and oxygen atoms in total. The number of sulfonamides is 1. The minimum atomic E-state index is -4.10. The molecule has 0 fully saturated rings. The predicted octanol–water partition coefficient (Wildman–Crippen LogP) is 6.04. The lowest BCUT2D eigenvalue weighted by molar-refractivity contribution is -0.141. The fourth-order valence-corrected chi connectivity index (χ4v) is 5.96. The number of amides is 2. The minimum absolute atomic E-state index is 0.0935. The standard InChI is InChI=1S/C33H43N3O4S/c1-8-30(32(38)34-33(5,6)7)35(22-26-12-10-9-11-13-26)31(37)23-36(28-18-16-27(17-19-28)24(2)3)41(39,40)29-20-14-25(4)15-21-29/h9-21,24,30H,8,22-23H2,1-7H3,(H,34,38). The van der Waals surface area contributed by atoms with Crippen LogP contribution >= 0.6 is 0 Å². The lowest BCUT2D eigenvalue weighted by atomic mass is 10.0. The number of anilines is 1.